The van der Waals surface area contributed by atoms with Crippen molar-refractivity contribution in [3.8, 4) is 0 Å². The molecular formula is C21H21N3O3. The fourth-order valence-electron chi connectivity index (χ4n) is 2.71. The highest BCUT2D eigenvalue weighted by atomic mass is 16.5. The van der Waals surface area contributed by atoms with E-state index in [0.717, 1.165) is 16.8 Å². The van der Waals surface area contributed by atoms with Crippen molar-refractivity contribution < 1.29 is 9.53 Å². The number of amides is 1. The average molecular weight is 363 g/mol. The lowest BCUT2D eigenvalue weighted by molar-refractivity contribution is 0.101. The van der Waals surface area contributed by atoms with Gasteiger partial charge in [-0.25, -0.2) is 4.68 Å². The van der Waals surface area contributed by atoms with Crippen LogP contribution in [0.3, 0.4) is 0 Å². The molecule has 0 fully saturated rings. The van der Waals surface area contributed by atoms with Crippen LogP contribution in [0.25, 0.3) is 0 Å². The van der Waals surface area contributed by atoms with Crippen LogP contribution in [0.1, 0.15) is 21.6 Å². The van der Waals surface area contributed by atoms with Crippen LogP contribution < -0.4 is 10.9 Å². The Bertz CT molecular complexity index is 968. The molecule has 0 unspecified atom stereocenters. The van der Waals surface area contributed by atoms with E-state index in [1.807, 2.05) is 54.6 Å². The van der Waals surface area contributed by atoms with Gasteiger partial charge in [0.1, 0.15) is 5.69 Å². The molecule has 3 aromatic rings. The van der Waals surface area contributed by atoms with Gasteiger partial charge < -0.3 is 10.1 Å². The Balaban J connectivity index is 1.79. The molecule has 27 heavy (non-hydrogen) atoms. The molecule has 0 radical (unpaired) electrons. The second-order valence-electron chi connectivity index (χ2n) is 6.05. The van der Waals surface area contributed by atoms with E-state index in [-0.39, 0.29) is 17.2 Å². The van der Waals surface area contributed by atoms with Gasteiger partial charge in [0, 0.05) is 18.9 Å². The summed E-state index contributed by atoms with van der Waals surface area (Å²) in [6, 6.07) is 20.5. The van der Waals surface area contributed by atoms with E-state index in [0.29, 0.717) is 19.6 Å². The van der Waals surface area contributed by atoms with Crippen LogP contribution in [0.15, 0.2) is 71.5 Å². The molecule has 0 aliphatic rings. The number of aromatic nitrogens is 2. The summed E-state index contributed by atoms with van der Waals surface area (Å²) in [6.45, 7) is 0.638. The first kappa shape index (κ1) is 18.5. The minimum Gasteiger partial charge on any atom is -0.383 e. The molecule has 3 rings (SSSR count). The van der Waals surface area contributed by atoms with Crippen molar-refractivity contribution in [1.82, 2.24) is 9.78 Å². The first-order chi connectivity index (χ1) is 13.2. The van der Waals surface area contributed by atoms with Gasteiger partial charge in [0.2, 0.25) is 0 Å². The molecule has 1 amide bonds. The Labute approximate surface area is 157 Å². The zero-order chi connectivity index (χ0) is 19.1. The number of hydrogen-bond acceptors (Lipinski definition) is 4. The third kappa shape index (κ3) is 4.89. The van der Waals surface area contributed by atoms with Crippen molar-refractivity contribution in [1.29, 1.82) is 0 Å². The van der Waals surface area contributed by atoms with E-state index in [2.05, 4.69) is 10.4 Å². The van der Waals surface area contributed by atoms with Crippen LogP contribution in [0.2, 0.25) is 0 Å². The predicted octanol–water partition coefficient (Wildman–Crippen LogP) is 2.73. The van der Waals surface area contributed by atoms with Crippen LogP contribution in [0.4, 0.5) is 5.69 Å². The third-order valence-corrected chi connectivity index (χ3v) is 4.11. The lowest BCUT2D eigenvalue weighted by Gasteiger charge is -2.12. The second-order valence-corrected chi connectivity index (χ2v) is 6.05. The Morgan fingerprint density at radius 3 is 2.56 bits per heavy atom. The number of benzene rings is 2. The van der Waals surface area contributed by atoms with Gasteiger partial charge in [-0.1, -0.05) is 48.5 Å². The molecule has 0 aliphatic heterocycles. The molecule has 138 valence electrons. The fraction of sp³-hybridized carbons (Fsp3) is 0.190. The number of anilines is 1. The first-order valence-electron chi connectivity index (χ1n) is 8.67. The summed E-state index contributed by atoms with van der Waals surface area (Å²) in [6.07, 6.45) is 0.706. The molecule has 0 bridgehead atoms. The maximum atomic E-state index is 12.6. The summed E-state index contributed by atoms with van der Waals surface area (Å²) >= 11 is 0. The van der Waals surface area contributed by atoms with E-state index in [4.69, 9.17) is 4.74 Å². The minimum atomic E-state index is -0.360. The number of carbonyl (C=O) groups is 1. The van der Waals surface area contributed by atoms with Gasteiger partial charge in [-0.3, -0.25) is 9.59 Å². The van der Waals surface area contributed by atoms with Gasteiger partial charge in [0.25, 0.3) is 11.5 Å². The summed E-state index contributed by atoms with van der Waals surface area (Å²) in [5.74, 6) is -0.360. The maximum Gasteiger partial charge on any atom is 0.276 e. The van der Waals surface area contributed by atoms with Crippen LogP contribution in [-0.4, -0.2) is 29.4 Å². The Hall–Kier alpha value is -3.25. The molecule has 1 heterocycles. The van der Waals surface area contributed by atoms with Crippen LogP contribution in [0.5, 0.6) is 0 Å². The highest BCUT2D eigenvalue weighted by Crippen LogP contribution is 2.19. The Morgan fingerprint density at radius 1 is 1.04 bits per heavy atom. The molecule has 0 atom stereocenters. The van der Waals surface area contributed by atoms with Gasteiger partial charge in [0.15, 0.2) is 0 Å². The number of methoxy groups -OCH3 is 1. The number of carbonyl (C=O) groups excluding carboxylic acids is 1. The van der Waals surface area contributed by atoms with Crippen LogP contribution in [-0.2, 0) is 17.7 Å². The number of nitrogens with zero attached hydrogens (tertiary/aromatic N) is 2. The van der Waals surface area contributed by atoms with Crippen LogP contribution in [0, 0.1) is 0 Å². The molecule has 6 heteroatoms. The van der Waals surface area contributed by atoms with Gasteiger partial charge in [-0.15, -0.1) is 0 Å². The van der Waals surface area contributed by atoms with Gasteiger partial charge in [-0.2, -0.15) is 5.10 Å². The van der Waals surface area contributed by atoms with E-state index in [1.54, 1.807) is 7.11 Å². The molecular weight excluding hydrogens is 342 g/mol. The average Bonchev–Trinajstić information content (AvgIpc) is 2.69. The topological polar surface area (TPSA) is 73.2 Å². The van der Waals surface area contributed by atoms with Crippen molar-refractivity contribution in [2.75, 3.05) is 19.0 Å². The minimum absolute atomic E-state index is 0.181. The standard InChI is InChI=1S/C21H21N3O3/c1-27-14-13-24-20(25)12-11-19(23-24)21(26)22-18-10-6-5-9-17(18)15-16-7-3-2-4-8-16/h2-12H,13-15H2,1H3,(H,22,26). The van der Waals surface area contributed by atoms with E-state index >= 15 is 0 Å². The predicted molar refractivity (Wildman–Crippen MR) is 104 cm³/mol. The summed E-state index contributed by atoms with van der Waals surface area (Å²) in [7, 11) is 1.55. The molecule has 0 aliphatic carbocycles. The summed E-state index contributed by atoms with van der Waals surface area (Å²) in [5, 5.41) is 7.03. The van der Waals surface area contributed by atoms with Crippen LogP contribution >= 0.6 is 0 Å². The normalized spacial score (nSPS) is 10.6. The van der Waals surface area contributed by atoms with Crippen molar-refractivity contribution in [3.05, 3.63) is 93.9 Å². The maximum absolute atomic E-state index is 12.6. The molecule has 6 nitrogen and oxygen atoms in total. The first-order valence-corrected chi connectivity index (χ1v) is 8.67. The smallest absolute Gasteiger partial charge is 0.276 e. The summed E-state index contributed by atoms with van der Waals surface area (Å²) in [5.41, 5.74) is 2.80. The number of para-hydroxylation sites is 1. The highest BCUT2D eigenvalue weighted by molar-refractivity contribution is 6.03. The van der Waals surface area contributed by atoms with Gasteiger partial charge in [-0.05, 0) is 29.7 Å². The van der Waals surface area contributed by atoms with Crippen molar-refractivity contribution in [2.45, 2.75) is 13.0 Å². The SMILES string of the molecule is COCCn1nc(C(=O)Nc2ccccc2Cc2ccccc2)ccc1=O. The van der Waals surface area contributed by atoms with E-state index in [1.165, 1.54) is 16.8 Å². The number of hydrogen-bond donors (Lipinski definition) is 1. The second kappa shape index (κ2) is 8.91. The van der Waals surface area contributed by atoms with E-state index in [9.17, 15) is 9.59 Å². The zero-order valence-electron chi connectivity index (χ0n) is 15.1. The van der Waals surface area contributed by atoms with E-state index < -0.39 is 0 Å². The molecule has 1 N–H and O–H groups in total. The molecule has 0 spiro atoms. The Kier molecular flexibility index (Phi) is 6.12. The number of ether oxygens (including phenoxy) is 1. The molecule has 1 aromatic heterocycles. The number of rotatable bonds is 7. The molecule has 0 saturated heterocycles. The quantitative estimate of drug-likeness (QED) is 0.700. The zero-order valence-corrected chi connectivity index (χ0v) is 15.1. The highest BCUT2D eigenvalue weighted by Gasteiger charge is 2.12. The van der Waals surface area contributed by atoms with Gasteiger partial charge >= 0.3 is 0 Å². The van der Waals surface area contributed by atoms with Gasteiger partial charge in [0.05, 0.1) is 13.2 Å². The third-order valence-electron chi connectivity index (χ3n) is 4.11. The van der Waals surface area contributed by atoms with Crippen molar-refractivity contribution >= 4 is 11.6 Å². The largest absolute Gasteiger partial charge is 0.383 e. The lowest BCUT2D eigenvalue weighted by atomic mass is 10.0. The summed E-state index contributed by atoms with van der Waals surface area (Å²) < 4.78 is 6.20. The van der Waals surface area contributed by atoms with Crippen molar-refractivity contribution in [2.24, 2.45) is 0 Å². The fourth-order valence-corrected chi connectivity index (χ4v) is 2.71. The van der Waals surface area contributed by atoms with Crippen molar-refractivity contribution in [3.63, 3.8) is 0 Å². The lowest BCUT2D eigenvalue weighted by Crippen LogP contribution is -2.27. The summed E-state index contributed by atoms with van der Waals surface area (Å²) in [4.78, 5) is 24.5. The molecule has 2 aromatic carbocycles. The molecule has 0 saturated carbocycles. The monoisotopic (exact) mass is 363 g/mol. The Morgan fingerprint density at radius 2 is 1.78 bits per heavy atom. The number of nitrogens with one attached hydrogen (secondary N) is 1.